The summed E-state index contributed by atoms with van der Waals surface area (Å²) in [6, 6.07) is 15.7. The first-order valence-electron chi connectivity index (χ1n) is 12.4. The Hall–Kier alpha value is -2.97. The Bertz CT molecular complexity index is 1280. The fourth-order valence-corrected chi connectivity index (χ4v) is 5.45. The third-order valence-corrected chi connectivity index (χ3v) is 7.71. The van der Waals surface area contributed by atoms with Gasteiger partial charge < -0.3 is 4.74 Å². The average molecular weight is 515 g/mol. The maximum absolute atomic E-state index is 14.6. The molecule has 0 radical (unpaired) electrons. The maximum Gasteiger partial charge on any atom is 0.261 e. The van der Waals surface area contributed by atoms with Gasteiger partial charge in [-0.1, -0.05) is 44.4 Å². The summed E-state index contributed by atoms with van der Waals surface area (Å²) in [7, 11) is -3.96. The van der Waals surface area contributed by atoms with Gasteiger partial charge in [-0.3, -0.25) is 9.62 Å². The van der Waals surface area contributed by atoms with Gasteiger partial charge >= 0.3 is 0 Å². The molecule has 1 heterocycles. The molecule has 0 saturated carbocycles. The molecule has 0 aromatic heterocycles. The minimum Gasteiger partial charge on any atom is -0.493 e. The van der Waals surface area contributed by atoms with Crippen molar-refractivity contribution in [3.05, 3.63) is 89.0 Å². The van der Waals surface area contributed by atoms with E-state index in [-0.39, 0.29) is 16.4 Å². The molecule has 3 aromatic carbocycles. The van der Waals surface area contributed by atoms with Crippen molar-refractivity contribution in [2.75, 3.05) is 17.9 Å². The lowest BCUT2D eigenvalue weighted by Gasteiger charge is -2.29. The predicted molar refractivity (Wildman–Crippen MR) is 138 cm³/mol. The molecule has 0 spiro atoms. The first-order valence-corrected chi connectivity index (χ1v) is 13.9. The number of nitrogens with one attached hydrogen (secondary N) is 1. The highest BCUT2D eigenvalue weighted by atomic mass is 32.2. The second-order valence-electron chi connectivity index (χ2n) is 9.17. The van der Waals surface area contributed by atoms with Gasteiger partial charge in [0.15, 0.2) is 5.82 Å². The molecule has 192 valence electrons. The zero-order valence-corrected chi connectivity index (χ0v) is 21.3. The normalized spacial score (nSPS) is 13.9. The molecule has 0 atom stereocenters. The van der Waals surface area contributed by atoms with Crippen LogP contribution in [0.4, 0.5) is 14.5 Å². The fourth-order valence-electron chi connectivity index (χ4n) is 4.33. The number of ether oxygens (including phenoxy) is 1. The molecule has 0 amide bonds. The zero-order valence-electron chi connectivity index (χ0n) is 20.5. The summed E-state index contributed by atoms with van der Waals surface area (Å²) in [5, 5.41) is 0. The van der Waals surface area contributed by atoms with Crippen molar-refractivity contribution in [1.82, 2.24) is 4.90 Å². The molecule has 1 N–H and O–H groups in total. The van der Waals surface area contributed by atoms with Gasteiger partial charge in [-0.2, -0.15) is 0 Å². The van der Waals surface area contributed by atoms with E-state index in [2.05, 4.69) is 16.5 Å². The Morgan fingerprint density at radius 2 is 1.75 bits per heavy atom. The molecule has 36 heavy (non-hydrogen) atoms. The third-order valence-electron chi connectivity index (χ3n) is 6.35. The van der Waals surface area contributed by atoms with Crippen LogP contribution >= 0.6 is 0 Å². The van der Waals surface area contributed by atoms with E-state index in [1.165, 1.54) is 24.3 Å². The molecule has 0 bridgehead atoms. The first-order chi connectivity index (χ1) is 17.3. The van der Waals surface area contributed by atoms with Gasteiger partial charge in [0.1, 0.15) is 11.6 Å². The van der Waals surface area contributed by atoms with E-state index in [0.717, 1.165) is 48.9 Å². The maximum atomic E-state index is 14.6. The summed E-state index contributed by atoms with van der Waals surface area (Å²) < 4.78 is 61.7. The molecular weight excluding hydrogens is 482 g/mol. The molecule has 0 aliphatic carbocycles. The molecule has 5 nitrogen and oxygen atoms in total. The number of hydrogen-bond donors (Lipinski definition) is 1. The standard InChI is InChI=1S/C28H32F2N2O3S/c1-2-3-4-5-16-35-25-11-13-28(27(30)18-25)31-36(33,34)26-12-8-23-20-32(15-14-22(23)17-26)19-21-6-9-24(29)10-7-21/h6-13,17-18,31H,2-5,14-16,19-20H2,1H3. The van der Waals surface area contributed by atoms with Gasteiger partial charge in [0.05, 0.1) is 17.2 Å². The Labute approximate surface area is 212 Å². The van der Waals surface area contributed by atoms with Crippen LogP contribution in [0.5, 0.6) is 5.75 Å². The van der Waals surface area contributed by atoms with E-state index in [0.29, 0.717) is 31.9 Å². The predicted octanol–water partition coefficient (Wildman–Crippen LogP) is 6.28. The highest BCUT2D eigenvalue weighted by Gasteiger charge is 2.22. The van der Waals surface area contributed by atoms with Gasteiger partial charge in [-0.15, -0.1) is 0 Å². The minimum absolute atomic E-state index is 0.101. The first kappa shape index (κ1) is 26.1. The summed E-state index contributed by atoms with van der Waals surface area (Å²) in [5.41, 5.74) is 2.92. The molecular formula is C28H32F2N2O3S. The van der Waals surface area contributed by atoms with Crippen molar-refractivity contribution in [3.8, 4) is 5.75 Å². The summed E-state index contributed by atoms with van der Waals surface area (Å²) in [4.78, 5) is 2.34. The number of benzene rings is 3. The third kappa shape index (κ3) is 6.83. The van der Waals surface area contributed by atoms with Crippen LogP contribution in [-0.2, 0) is 29.5 Å². The topological polar surface area (TPSA) is 58.6 Å². The second-order valence-corrected chi connectivity index (χ2v) is 10.9. The van der Waals surface area contributed by atoms with Gasteiger partial charge in [0.25, 0.3) is 10.0 Å². The van der Waals surface area contributed by atoms with Gasteiger partial charge in [-0.25, -0.2) is 17.2 Å². The van der Waals surface area contributed by atoms with Gasteiger partial charge in [0.2, 0.25) is 0 Å². The summed E-state index contributed by atoms with van der Waals surface area (Å²) in [5.74, 6) is -0.558. The lowest BCUT2D eigenvalue weighted by molar-refractivity contribution is 0.245. The van der Waals surface area contributed by atoms with Crippen LogP contribution in [0, 0.1) is 11.6 Å². The van der Waals surface area contributed by atoms with Crippen LogP contribution < -0.4 is 9.46 Å². The molecule has 3 aromatic rings. The molecule has 0 unspecified atom stereocenters. The number of nitrogens with zero attached hydrogens (tertiary/aromatic N) is 1. The Morgan fingerprint density at radius 3 is 2.50 bits per heavy atom. The van der Waals surface area contributed by atoms with Crippen molar-refractivity contribution in [2.24, 2.45) is 0 Å². The average Bonchev–Trinajstić information content (AvgIpc) is 2.86. The minimum atomic E-state index is -3.96. The van der Waals surface area contributed by atoms with Crippen LogP contribution in [0.3, 0.4) is 0 Å². The van der Waals surface area contributed by atoms with E-state index in [1.54, 1.807) is 30.3 Å². The lowest BCUT2D eigenvalue weighted by atomic mass is 9.99. The van der Waals surface area contributed by atoms with Crippen LogP contribution in [0.1, 0.15) is 49.3 Å². The molecule has 0 saturated heterocycles. The molecule has 4 rings (SSSR count). The monoisotopic (exact) mass is 514 g/mol. The summed E-state index contributed by atoms with van der Waals surface area (Å²) in [6.07, 6.45) is 4.91. The lowest BCUT2D eigenvalue weighted by Crippen LogP contribution is -2.30. The van der Waals surface area contributed by atoms with Crippen molar-refractivity contribution in [1.29, 1.82) is 0 Å². The van der Waals surface area contributed by atoms with Crippen LogP contribution in [0.25, 0.3) is 0 Å². The van der Waals surface area contributed by atoms with Gasteiger partial charge in [-0.05, 0) is 65.9 Å². The number of sulfonamides is 1. The molecule has 1 aliphatic heterocycles. The highest BCUT2D eigenvalue weighted by Crippen LogP contribution is 2.27. The number of anilines is 1. The summed E-state index contributed by atoms with van der Waals surface area (Å²) >= 11 is 0. The fraction of sp³-hybridized carbons (Fsp3) is 0.357. The van der Waals surface area contributed by atoms with Crippen LogP contribution in [0.15, 0.2) is 65.6 Å². The Morgan fingerprint density at radius 1 is 0.944 bits per heavy atom. The number of unbranched alkanes of at least 4 members (excludes halogenated alkanes) is 3. The quantitative estimate of drug-likeness (QED) is 0.306. The van der Waals surface area contributed by atoms with Crippen molar-refractivity contribution in [2.45, 2.75) is 57.0 Å². The van der Waals surface area contributed by atoms with Crippen molar-refractivity contribution < 1.29 is 21.9 Å². The van der Waals surface area contributed by atoms with Crippen LogP contribution in [0.2, 0.25) is 0 Å². The van der Waals surface area contributed by atoms with Gasteiger partial charge in [0, 0.05) is 25.7 Å². The summed E-state index contributed by atoms with van der Waals surface area (Å²) in [6.45, 7) is 4.76. The Balaban J connectivity index is 1.38. The molecule has 8 heteroatoms. The van der Waals surface area contributed by atoms with E-state index in [9.17, 15) is 17.2 Å². The molecule has 1 aliphatic rings. The van der Waals surface area contributed by atoms with Crippen LogP contribution in [-0.4, -0.2) is 26.5 Å². The second kappa shape index (κ2) is 11.8. The Kier molecular flexibility index (Phi) is 8.59. The smallest absolute Gasteiger partial charge is 0.261 e. The van der Waals surface area contributed by atoms with E-state index in [1.807, 2.05) is 6.07 Å². The van der Waals surface area contributed by atoms with Crippen molar-refractivity contribution in [3.63, 3.8) is 0 Å². The van der Waals surface area contributed by atoms with Crippen molar-refractivity contribution >= 4 is 15.7 Å². The number of hydrogen-bond acceptors (Lipinski definition) is 4. The van der Waals surface area contributed by atoms with E-state index >= 15 is 0 Å². The van der Waals surface area contributed by atoms with E-state index in [4.69, 9.17) is 4.74 Å². The SMILES string of the molecule is CCCCCCOc1ccc(NS(=O)(=O)c2ccc3c(c2)CCN(Cc2ccc(F)cc2)C3)c(F)c1. The highest BCUT2D eigenvalue weighted by molar-refractivity contribution is 7.92. The number of fused-ring (bicyclic) bond motifs is 1. The van der Waals surface area contributed by atoms with E-state index < -0.39 is 15.8 Å². The molecule has 0 fully saturated rings. The number of rotatable bonds is 11. The number of halogens is 2. The largest absolute Gasteiger partial charge is 0.493 e. The zero-order chi connectivity index (χ0) is 25.5.